The minimum absolute atomic E-state index is 0. The Morgan fingerprint density at radius 2 is 1.84 bits per heavy atom. The average Bonchev–Trinajstić information content (AvgIpc) is 3.22. The third-order valence-corrected chi connectivity index (χ3v) is 5.82. The Morgan fingerprint density at radius 3 is 2.48 bits per heavy atom. The van der Waals surface area contributed by atoms with Crippen LogP contribution < -0.4 is 5.73 Å². The van der Waals surface area contributed by atoms with Crippen LogP contribution in [0.3, 0.4) is 0 Å². The molecule has 2 aliphatic rings. The van der Waals surface area contributed by atoms with E-state index in [0.29, 0.717) is 36.9 Å². The maximum absolute atomic E-state index is 13.9. The van der Waals surface area contributed by atoms with Gasteiger partial charge < -0.3 is 10.6 Å². The minimum Gasteiger partial charge on any atom is -0.339 e. The number of hydrogen-bond acceptors (Lipinski definition) is 2. The van der Waals surface area contributed by atoms with Crippen LogP contribution in [0.4, 0.5) is 4.39 Å². The molecule has 0 saturated heterocycles. The molecule has 1 aromatic rings. The number of amides is 1. The van der Waals surface area contributed by atoms with Gasteiger partial charge in [-0.25, -0.2) is 4.39 Å². The van der Waals surface area contributed by atoms with Gasteiger partial charge in [0.1, 0.15) is 5.82 Å². The average molecular weight is 369 g/mol. The summed E-state index contributed by atoms with van der Waals surface area (Å²) in [6.07, 6.45) is 8.95. The summed E-state index contributed by atoms with van der Waals surface area (Å²) in [7, 11) is 0. The second-order valence-electron chi connectivity index (χ2n) is 7.43. The van der Waals surface area contributed by atoms with Crippen molar-refractivity contribution in [1.29, 1.82) is 0 Å². The fraction of sp³-hybridized carbons (Fsp3) is 0.650. The van der Waals surface area contributed by atoms with E-state index in [0.717, 1.165) is 32.1 Å². The van der Waals surface area contributed by atoms with E-state index in [4.69, 9.17) is 5.73 Å². The van der Waals surface area contributed by atoms with Gasteiger partial charge in [-0.3, -0.25) is 4.79 Å². The van der Waals surface area contributed by atoms with E-state index in [-0.39, 0.29) is 30.2 Å². The zero-order valence-corrected chi connectivity index (χ0v) is 15.6. The molecule has 5 heteroatoms. The normalized spacial score (nSPS) is 23.4. The largest absolute Gasteiger partial charge is 0.339 e. The van der Waals surface area contributed by atoms with Crippen LogP contribution in [0.5, 0.6) is 0 Å². The summed E-state index contributed by atoms with van der Waals surface area (Å²) < 4.78 is 13.9. The first-order chi connectivity index (χ1) is 11.6. The van der Waals surface area contributed by atoms with Gasteiger partial charge in [0, 0.05) is 25.0 Å². The van der Waals surface area contributed by atoms with E-state index < -0.39 is 0 Å². The lowest BCUT2D eigenvalue weighted by atomic mass is 9.98. The monoisotopic (exact) mass is 368 g/mol. The van der Waals surface area contributed by atoms with Crippen LogP contribution in [0, 0.1) is 11.7 Å². The van der Waals surface area contributed by atoms with Gasteiger partial charge in [-0.15, -0.1) is 12.4 Å². The molecule has 0 aromatic heterocycles. The Balaban J connectivity index is 0.00000225. The van der Waals surface area contributed by atoms with Crippen molar-refractivity contribution in [3.63, 3.8) is 0 Å². The maximum atomic E-state index is 13.9. The van der Waals surface area contributed by atoms with Crippen LogP contribution in [-0.2, 0) is 11.2 Å². The first-order valence-electron chi connectivity index (χ1n) is 9.43. The van der Waals surface area contributed by atoms with Crippen molar-refractivity contribution in [2.75, 3.05) is 6.54 Å². The molecule has 2 N–H and O–H groups in total. The molecule has 2 saturated carbocycles. The second kappa shape index (κ2) is 9.54. The van der Waals surface area contributed by atoms with Gasteiger partial charge in [0.2, 0.25) is 5.91 Å². The number of benzene rings is 1. The molecule has 1 amide bonds. The van der Waals surface area contributed by atoms with Crippen molar-refractivity contribution >= 4 is 18.3 Å². The smallest absolute Gasteiger partial charge is 0.223 e. The summed E-state index contributed by atoms with van der Waals surface area (Å²) in [5.41, 5.74) is 6.85. The Kier molecular flexibility index (Phi) is 7.70. The standard InChI is InChI=1S/C20H29FN2O.ClH/c21-18-10-4-1-6-15(18)12-13-23(17-8-2-3-9-17)20(24)14-16-7-5-11-19(16)22;/h1,4,6,10,16-17,19H,2-3,5,7-9,11-14,22H2;1H/t16-,19+;/m0./s1. The predicted molar refractivity (Wildman–Crippen MR) is 101 cm³/mol. The summed E-state index contributed by atoms with van der Waals surface area (Å²) in [5.74, 6) is 0.379. The molecular weight excluding hydrogens is 339 g/mol. The fourth-order valence-corrected chi connectivity index (χ4v) is 4.33. The number of nitrogens with two attached hydrogens (primary N) is 1. The van der Waals surface area contributed by atoms with E-state index in [9.17, 15) is 9.18 Å². The van der Waals surface area contributed by atoms with Crippen molar-refractivity contribution in [1.82, 2.24) is 4.90 Å². The zero-order chi connectivity index (χ0) is 16.9. The minimum atomic E-state index is -0.172. The van der Waals surface area contributed by atoms with E-state index in [2.05, 4.69) is 0 Å². The molecule has 3 rings (SSSR count). The van der Waals surface area contributed by atoms with Crippen LogP contribution in [0.15, 0.2) is 24.3 Å². The first kappa shape index (κ1) is 20.2. The molecule has 0 radical (unpaired) electrons. The number of nitrogens with zero attached hydrogens (tertiary/aromatic N) is 1. The Labute approximate surface area is 156 Å². The van der Waals surface area contributed by atoms with Crippen molar-refractivity contribution in [3.8, 4) is 0 Å². The van der Waals surface area contributed by atoms with Crippen LogP contribution in [-0.4, -0.2) is 29.4 Å². The van der Waals surface area contributed by atoms with Gasteiger partial charge in [0.15, 0.2) is 0 Å². The van der Waals surface area contributed by atoms with Gasteiger partial charge >= 0.3 is 0 Å². The Morgan fingerprint density at radius 1 is 1.12 bits per heavy atom. The predicted octanol–water partition coefficient (Wildman–Crippen LogP) is 4.08. The lowest BCUT2D eigenvalue weighted by molar-refractivity contribution is -0.134. The fourth-order valence-electron chi connectivity index (χ4n) is 4.33. The highest BCUT2D eigenvalue weighted by Gasteiger charge is 2.31. The number of carbonyl (C=O) groups excluding carboxylic acids is 1. The lowest BCUT2D eigenvalue weighted by Crippen LogP contribution is -2.42. The molecule has 1 aromatic carbocycles. The van der Waals surface area contributed by atoms with Crippen molar-refractivity contribution in [3.05, 3.63) is 35.6 Å². The van der Waals surface area contributed by atoms with Crippen molar-refractivity contribution < 1.29 is 9.18 Å². The van der Waals surface area contributed by atoms with E-state index in [1.54, 1.807) is 6.07 Å². The van der Waals surface area contributed by atoms with Gasteiger partial charge in [-0.1, -0.05) is 37.5 Å². The maximum Gasteiger partial charge on any atom is 0.223 e. The van der Waals surface area contributed by atoms with Gasteiger partial charge in [0.05, 0.1) is 0 Å². The second-order valence-corrected chi connectivity index (χ2v) is 7.43. The molecule has 0 spiro atoms. The highest BCUT2D eigenvalue weighted by Crippen LogP contribution is 2.30. The van der Waals surface area contributed by atoms with E-state index in [1.165, 1.54) is 18.9 Å². The summed E-state index contributed by atoms with van der Waals surface area (Å²) in [6.45, 7) is 0.617. The van der Waals surface area contributed by atoms with Gasteiger partial charge in [-0.05, 0) is 49.7 Å². The highest BCUT2D eigenvalue weighted by molar-refractivity contribution is 5.85. The molecule has 3 nitrogen and oxygen atoms in total. The zero-order valence-electron chi connectivity index (χ0n) is 14.8. The van der Waals surface area contributed by atoms with Gasteiger partial charge in [-0.2, -0.15) is 0 Å². The summed E-state index contributed by atoms with van der Waals surface area (Å²) >= 11 is 0. The molecule has 25 heavy (non-hydrogen) atoms. The molecule has 2 atom stereocenters. The lowest BCUT2D eigenvalue weighted by Gasteiger charge is -2.31. The molecular formula is C20H30ClFN2O. The molecule has 140 valence electrons. The summed E-state index contributed by atoms with van der Waals surface area (Å²) in [4.78, 5) is 14.9. The van der Waals surface area contributed by atoms with Crippen LogP contribution >= 0.6 is 12.4 Å². The molecule has 0 bridgehead atoms. The number of halogens is 2. The van der Waals surface area contributed by atoms with Crippen LogP contribution in [0.1, 0.15) is 56.9 Å². The first-order valence-corrected chi connectivity index (χ1v) is 9.43. The van der Waals surface area contributed by atoms with Gasteiger partial charge in [0.25, 0.3) is 0 Å². The topological polar surface area (TPSA) is 46.3 Å². The van der Waals surface area contributed by atoms with Crippen LogP contribution in [0.2, 0.25) is 0 Å². The highest BCUT2D eigenvalue weighted by atomic mass is 35.5. The Bertz CT molecular complexity index is 562. The van der Waals surface area contributed by atoms with Crippen molar-refractivity contribution in [2.24, 2.45) is 11.7 Å². The number of carbonyl (C=O) groups is 1. The van der Waals surface area contributed by atoms with Crippen molar-refractivity contribution in [2.45, 2.75) is 69.9 Å². The summed E-state index contributed by atoms with van der Waals surface area (Å²) in [5, 5.41) is 0. The van der Waals surface area contributed by atoms with Crippen LogP contribution in [0.25, 0.3) is 0 Å². The SMILES string of the molecule is Cl.N[C@@H]1CCC[C@H]1CC(=O)N(CCc1ccccc1F)C1CCCC1. The van der Waals surface area contributed by atoms with E-state index in [1.807, 2.05) is 17.0 Å². The molecule has 2 aliphatic carbocycles. The molecule has 0 heterocycles. The quantitative estimate of drug-likeness (QED) is 0.822. The molecule has 0 unspecified atom stereocenters. The third-order valence-electron chi connectivity index (χ3n) is 5.82. The number of hydrogen-bond donors (Lipinski definition) is 1. The third kappa shape index (κ3) is 5.18. The Hall–Kier alpha value is -1.13. The molecule has 2 fully saturated rings. The summed E-state index contributed by atoms with van der Waals surface area (Å²) in [6, 6.07) is 7.39. The molecule has 0 aliphatic heterocycles. The van der Waals surface area contributed by atoms with E-state index >= 15 is 0 Å². The number of rotatable bonds is 6.